The molecule has 10 heteroatoms. The van der Waals surface area contributed by atoms with Crippen molar-refractivity contribution in [1.29, 1.82) is 0 Å². The standard InChI is InChI=1S/C25H28N4O5S/c1-3-12-32-25(31)28-20-10-8-19(9-11-20)23-33-21(14-35-24-26-15-27-29-24)16(2)22(34-23)18-6-4-17(13-30)5-7-18/h3-11,15-16,21-23,30H,1,12-14H2,2H3,(H,28,31)(H,26,27,29)/t16-,21+,22+,23+/m0/s1. The number of carbonyl (C=O) groups is 1. The first-order chi connectivity index (χ1) is 17.1. The molecule has 2 aromatic carbocycles. The summed E-state index contributed by atoms with van der Waals surface area (Å²) in [6.45, 7) is 5.76. The van der Waals surface area contributed by atoms with E-state index in [9.17, 15) is 9.90 Å². The van der Waals surface area contributed by atoms with Gasteiger partial charge in [0.25, 0.3) is 0 Å². The van der Waals surface area contributed by atoms with E-state index in [0.717, 1.165) is 21.8 Å². The number of benzene rings is 2. The number of H-pyrrole nitrogens is 1. The van der Waals surface area contributed by atoms with Crippen molar-refractivity contribution in [3.05, 3.63) is 84.2 Å². The molecule has 3 N–H and O–H groups in total. The fraction of sp³-hybridized carbons (Fsp3) is 0.320. The Balaban J connectivity index is 1.51. The summed E-state index contributed by atoms with van der Waals surface area (Å²) in [4.78, 5) is 16.0. The van der Waals surface area contributed by atoms with Gasteiger partial charge in [0, 0.05) is 22.9 Å². The van der Waals surface area contributed by atoms with Crippen LogP contribution in [-0.2, 0) is 20.8 Å². The number of anilines is 1. The van der Waals surface area contributed by atoms with Gasteiger partial charge in [-0.15, -0.1) is 0 Å². The van der Waals surface area contributed by atoms with Gasteiger partial charge in [0.05, 0.1) is 18.8 Å². The smallest absolute Gasteiger partial charge is 0.411 e. The Kier molecular flexibility index (Phi) is 8.54. The van der Waals surface area contributed by atoms with E-state index in [2.05, 4.69) is 34.0 Å². The number of rotatable bonds is 9. The van der Waals surface area contributed by atoms with Gasteiger partial charge in [-0.25, -0.2) is 9.78 Å². The van der Waals surface area contributed by atoms with Gasteiger partial charge in [0.1, 0.15) is 12.9 Å². The highest BCUT2D eigenvalue weighted by molar-refractivity contribution is 7.99. The summed E-state index contributed by atoms with van der Waals surface area (Å²) in [5, 5.41) is 19.6. The lowest BCUT2D eigenvalue weighted by Crippen LogP contribution is -2.38. The zero-order valence-electron chi connectivity index (χ0n) is 19.3. The van der Waals surface area contributed by atoms with Crippen molar-refractivity contribution in [3.8, 4) is 0 Å². The van der Waals surface area contributed by atoms with E-state index in [-0.39, 0.29) is 31.3 Å². The van der Waals surface area contributed by atoms with Crippen molar-refractivity contribution in [2.24, 2.45) is 5.92 Å². The number of hydrogen-bond acceptors (Lipinski definition) is 8. The fourth-order valence-electron chi connectivity index (χ4n) is 3.75. The number of aromatic amines is 1. The molecule has 1 saturated heterocycles. The summed E-state index contributed by atoms with van der Waals surface area (Å²) in [5.74, 6) is 0.721. The minimum absolute atomic E-state index is 0.00887. The van der Waals surface area contributed by atoms with E-state index in [1.54, 1.807) is 23.9 Å². The van der Waals surface area contributed by atoms with Gasteiger partial charge in [-0.3, -0.25) is 10.4 Å². The van der Waals surface area contributed by atoms with Gasteiger partial charge in [-0.1, -0.05) is 67.7 Å². The molecule has 1 fully saturated rings. The van der Waals surface area contributed by atoms with E-state index < -0.39 is 12.4 Å². The average Bonchev–Trinajstić information content (AvgIpc) is 3.41. The molecule has 0 aliphatic carbocycles. The predicted molar refractivity (Wildman–Crippen MR) is 132 cm³/mol. The minimum Gasteiger partial charge on any atom is -0.445 e. The van der Waals surface area contributed by atoms with Gasteiger partial charge < -0.3 is 19.3 Å². The molecule has 2 heterocycles. The summed E-state index contributed by atoms with van der Waals surface area (Å²) in [7, 11) is 0. The maximum atomic E-state index is 11.8. The molecular formula is C25H28N4O5S. The monoisotopic (exact) mass is 496 g/mol. The largest absolute Gasteiger partial charge is 0.445 e. The quantitative estimate of drug-likeness (QED) is 0.290. The van der Waals surface area contributed by atoms with E-state index in [0.29, 0.717) is 11.4 Å². The van der Waals surface area contributed by atoms with Crippen LogP contribution < -0.4 is 5.32 Å². The van der Waals surface area contributed by atoms with Gasteiger partial charge in [-0.2, -0.15) is 5.10 Å². The topological polar surface area (TPSA) is 119 Å². The number of nitrogens with one attached hydrogen (secondary N) is 2. The van der Waals surface area contributed by atoms with Gasteiger partial charge in [0.15, 0.2) is 11.4 Å². The summed E-state index contributed by atoms with van der Waals surface area (Å²) in [5.41, 5.74) is 3.28. The second-order valence-corrected chi connectivity index (χ2v) is 9.07. The molecule has 1 amide bonds. The van der Waals surface area contributed by atoms with Crippen LogP contribution in [0.15, 0.2) is 72.7 Å². The van der Waals surface area contributed by atoms with Gasteiger partial charge >= 0.3 is 6.09 Å². The molecule has 0 unspecified atom stereocenters. The second kappa shape index (κ2) is 12.0. The summed E-state index contributed by atoms with van der Waals surface area (Å²) < 4.78 is 17.8. The Morgan fingerprint density at radius 3 is 2.60 bits per heavy atom. The minimum atomic E-state index is -0.601. The summed E-state index contributed by atoms with van der Waals surface area (Å²) in [6.07, 6.45) is 1.50. The van der Waals surface area contributed by atoms with Crippen LogP contribution in [0.5, 0.6) is 0 Å². The number of thioether (sulfide) groups is 1. The van der Waals surface area contributed by atoms with Crippen molar-refractivity contribution in [3.63, 3.8) is 0 Å². The van der Waals surface area contributed by atoms with Crippen LogP contribution in [0.1, 0.15) is 36.0 Å². The Morgan fingerprint density at radius 1 is 1.20 bits per heavy atom. The zero-order valence-corrected chi connectivity index (χ0v) is 20.1. The van der Waals surface area contributed by atoms with Crippen molar-refractivity contribution in [2.75, 3.05) is 17.7 Å². The zero-order chi connectivity index (χ0) is 24.6. The molecule has 184 valence electrons. The fourth-order valence-corrected chi connectivity index (χ4v) is 4.69. The number of aliphatic hydroxyl groups is 1. The SMILES string of the molecule is C=CCOC(=O)Nc1ccc([C@@H]2O[C@H](CSc3ncn[nH]3)[C@H](C)[C@H](c3ccc(CO)cc3)O2)cc1. The summed E-state index contributed by atoms with van der Waals surface area (Å²) >= 11 is 1.54. The highest BCUT2D eigenvalue weighted by atomic mass is 32.2. The number of nitrogens with zero attached hydrogens (tertiary/aromatic N) is 2. The van der Waals surface area contributed by atoms with Crippen molar-refractivity contribution >= 4 is 23.5 Å². The first kappa shape index (κ1) is 24.9. The van der Waals surface area contributed by atoms with Crippen LogP contribution >= 0.6 is 11.8 Å². The van der Waals surface area contributed by atoms with E-state index in [1.165, 1.54) is 12.4 Å². The number of amides is 1. The number of aliphatic hydroxyl groups excluding tert-OH is 1. The molecular weight excluding hydrogens is 468 g/mol. The summed E-state index contributed by atoms with van der Waals surface area (Å²) in [6, 6.07) is 15.0. The van der Waals surface area contributed by atoms with Crippen LogP contribution in [0.2, 0.25) is 0 Å². The maximum Gasteiger partial charge on any atom is 0.411 e. The highest BCUT2D eigenvalue weighted by Crippen LogP contribution is 2.42. The molecule has 0 saturated carbocycles. The third-order valence-electron chi connectivity index (χ3n) is 5.66. The van der Waals surface area contributed by atoms with Crippen molar-refractivity contribution in [2.45, 2.75) is 37.2 Å². The third kappa shape index (κ3) is 6.49. The van der Waals surface area contributed by atoms with Gasteiger partial charge in [-0.05, 0) is 23.3 Å². The molecule has 1 aromatic heterocycles. The van der Waals surface area contributed by atoms with E-state index in [1.807, 2.05) is 36.4 Å². The van der Waals surface area contributed by atoms with Gasteiger partial charge in [0.2, 0.25) is 0 Å². The molecule has 4 atom stereocenters. The number of aromatic nitrogens is 3. The van der Waals surface area contributed by atoms with Crippen LogP contribution in [0.25, 0.3) is 0 Å². The second-order valence-electron chi connectivity index (χ2n) is 8.06. The maximum absolute atomic E-state index is 11.8. The van der Waals surface area contributed by atoms with E-state index >= 15 is 0 Å². The molecule has 3 aromatic rings. The van der Waals surface area contributed by atoms with E-state index in [4.69, 9.17) is 14.2 Å². The van der Waals surface area contributed by atoms with Crippen LogP contribution in [0, 0.1) is 5.92 Å². The lowest BCUT2D eigenvalue weighted by Gasteiger charge is -2.41. The Morgan fingerprint density at radius 2 is 1.94 bits per heavy atom. The Labute approximate surface area is 207 Å². The van der Waals surface area contributed by atoms with Crippen LogP contribution in [0.4, 0.5) is 10.5 Å². The van der Waals surface area contributed by atoms with Crippen LogP contribution in [0.3, 0.4) is 0 Å². The predicted octanol–water partition coefficient (Wildman–Crippen LogP) is 4.62. The normalized spacial score (nSPS) is 21.9. The number of hydrogen-bond donors (Lipinski definition) is 3. The molecule has 35 heavy (non-hydrogen) atoms. The van der Waals surface area contributed by atoms with Crippen LogP contribution in [-0.4, -0.2) is 44.8 Å². The Hall–Kier alpha value is -3.18. The molecule has 0 bridgehead atoms. The molecule has 1 aliphatic heterocycles. The number of carbonyl (C=O) groups excluding carboxylic acids is 1. The average molecular weight is 497 g/mol. The van der Waals surface area contributed by atoms with Crippen molar-refractivity contribution < 1.29 is 24.1 Å². The molecule has 0 radical (unpaired) electrons. The first-order valence-electron chi connectivity index (χ1n) is 11.2. The molecule has 1 aliphatic rings. The molecule has 9 nitrogen and oxygen atoms in total. The first-order valence-corrected chi connectivity index (χ1v) is 12.2. The third-order valence-corrected chi connectivity index (χ3v) is 6.63. The highest BCUT2D eigenvalue weighted by Gasteiger charge is 2.38. The molecule has 4 rings (SSSR count). The van der Waals surface area contributed by atoms with Crippen molar-refractivity contribution in [1.82, 2.24) is 15.2 Å². The Bertz CT molecular complexity index is 1090. The lowest BCUT2D eigenvalue weighted by atomic mass is 9.91. The molecule has 0 spiro atoms. The number of ether oxygens (including phenoxy) is 3. The lowest BCUT2D eigenvalue weighted by molar-refractivity contribution is -0.268.